The van der Waals surface area contributed by atoms with E-state index in [0.717, 1.165) is 15.7 Å². The number of nitrogens with zero attached hydrogens (tertiary/aromatic N) is 1. The van der Waals surface area contributed by atoms with Crippen LogP contribution in [0.4, 0.5) is 10.5 Å². The molecular formula is C14H17BrN2O3. The van der Waals surface area contributed by atoms with E-state index in [-0.39, 0.29) is 11.9 Å². The van der Waals surface area contributed by atoms with Gasteiger partial charge in [0, 0.05) is 29.2 Å². The first-order valence-electron chi connectivity index (χ1n) is 6.43. The number of benzene rings is 1. The Bertz CT molecular complexity index is 541. The van der Waals surface area contributed by atoms with Crippen molar-refractivity contribution in [3.05, 3.63) is 28.2 Å². The summed E-state index contributed by atoms with van der Waals surface area (Å²) in [6, 6.07) is 5.51. The van der Waals surface area contributed by atoms with Crippen molar-refractivity contribution >= 4 is 33.6 Å². The minimum absolute atomic E-state index is 0.0434. The zero-order valence-corrected chi connectivity index (χ0v) is 13.0. The number of halogens is 1. The lowest BCUT2D eigenvalue weighted by Gasteiger charge is -2.41. The second-order valence-electron chi connectivity index (χ2n) is 5.18. The van der Waals surface area contributed by atoms with Crippen LogP contribution in [0.5, 0.6) is 0 Å². The number of hydrogen-bond donors (Lipinski definition) is 2. The van der Waals surface area contributed by atoms with Gasteiger partial charge in [-0.1, -0.05) is 28.9 Å². The third kappa shape index (κ3) is 3.12. The van der Waals surface area contributed by atoms with Crippen LogP contribution in [-0.4, -0.2) is 35.1 Å². The van der Waals surface area contributed by atoms with E-state index in [0.29, 0.717) is 13.1 Å². The molecule has 1 aliphatic heterocycles. The highest BCUT2D eigenvalue weighted by Gasteiger charge is 2.37. The van der Waals surface area contributed by atoms with Crippen LogP contribution >= 0.6 is 15.9 Å². The number of nitrogens with one attached hydrogen (secondary N) is 1. The van der Waals surface area contributed by atoms with Crippen LogP contribution in [0.1, 0.15) is 12.5 Å². The molecule has 1 aromatic rings. The Morgan fingerprint density at radius 1 is 1.45 bits per heavy atom. The summed E-state index contributed by atoms with van der Waals surface area (Å²) in [6.45, 7) is 4.59. The number of carbonyl (C=O) groups is 2. The quantitative estimate of drug-likeness (QED) is 0.888. The molecule has 1 aliphatic rings. The smallest absolute Gasteiger partial charge is 0.321 e. The number of hydrogen-bond acceptors (Lipinski definition) is 2. The number of aliphatic carboxylic acids is 1. The normalized spacial score (nSPS) is 16.4. The van der Waals surface area contributed by atoms with E-state index in [2.05, 4.69) is 21.2 Å². The molecular weight excluding hydrogens is 324 g/mol. The van der Waals surface area contributed by atoms with Crippen molar-refractivity contribution < 1.29 is 14.7 Å². The fraction of sp³-hybridized carbons (Fsp3) is 0.429. The van der Waals surface area contributed by atoms with E-state index in [1.165, 1.54) is 0 Å². The predicted octanol–water partition coefficient (Wildman–Crippen LogP) is 2.94. The first kappa shape index (κ1) is 14.8. The fourth-order valence-electron chi connectivity index (χ4n) is 2.12. The maximum atomic E-state index is 12.0. The third-order valence-corrected chi connectivity index (χ3v) is 4.23. The predicted molar refractivity (Wildman–Crippen MR) is 79.8 cm³/mol. The molecule has 2 N–H and O–H groups in total. The van der Waals surface area contributed by atoms with Crippen LogP contribution in [-0.2, 0) is 4.79 Å². The molecule has 1 fully saturated rings. The standard InChI is InChI=1S/C14H17BrN2O3/c1-8-3-4-11(15)5-12(8)16-14(20)17-6-10(7-17)9(2)13(18)19/h3-5,9-10H,6-7H2,1-2H3,(H,16,20)(H,18,19). The molecule has 0 spiro atoms. The zero-order valence-electron chi connectivity index (χ0n) is 11.4. The summed E-state index contributed by atoms with van der Waals surface area (Å²) in [4.78, 5) is 24.5. The van der Waals surface area contributed by atoms with Gasteiger partial charge in [0.25, 0.3) is 0 Å². The number of urea groups is 1. The molecule has 1 atom stereocenters. The summed E-state index contributed by atoms with van der Waals surface area (Å²) in [7, 11) is 0. The van der Waals surface area contributed by atoms with Crippen molar-refractivity contribution in [1.29, 1.82) is 0 Å². The highest BCUT2D eigenvalue weighted by Crippen LogP contribution is 2.26. The molecule has 1 heterocycles. The maximum Gasteiger partial charge on any atom is 0.321 e. The molecule has 2 amide bonds. The van der Waals surface area contributed by atoms with Gasteiger partial charge in [-0.2, -0.15) is 0 Å². The number of amides is 2. The van der Waals surface area contributed by atoms with E-state index in [9.17, 15) is 9.59 Å². The van der Waals surface area contributed by atoms with Crippen LogP contribution in [0.25, 0.3) is 0 Å². The van der Waals surface area contributed by atoms with E-state index in [1.54, 1.807) is 11.8 Å². The van der Waals surface area contributed by atoms with Crippen molar-refractivity contribution in [3.63, 3.8) is 0 Å². The lowest BCUT2D eigenvalue weighted by Crippen LogP contribution is -2.54. The summed E-state index contributed by atoms with van der Waals surface area (Å²) in [6.07, 6.45) is 0. The van der Waals surface area contributed by atoms with Crippen molar-refractivity contribution in [2.75, 3.05) is 18.4 Å². The molecule has 20 heavy (non-hydrogen) atoms. The van der Waals surface area contributed by atoms with Gasteiger partial charge < -0.3 is 15.3 Å². The highest BCUT2D eigenvalue weighted by atomic mass is 79.9. The number of carboxylic acid groups (broad SMARTS) is 1. The Morgan fingerprint density at radius 2 is 2.10 bits per heavy atom. The van der Waals surface area contributed by atoms with Gasteiger partial charge in [-0.15, -0.1) is 0 Å². The molecule has 1 saturated heterocycles. The van der Waals surface area contributed by atoms with Crippen molar-refractivity contribution in [3.8, 4) is 0 Å². The number of rotatable bonds is 3. The summed E-state index contributed by atoms with van der Waals surface area (Å²) < 4.78 is 0.902. The van der Waals surface area contributed by atoms with Gasteiger partial charge in [0.1, 0.15) is 0 Å². The first-order chi connectivity index (χ1) is 9.38. The molecule has 1 aromatic carbocycles. The van der Waals surface area contributed by atoms with Gasteiger partial charge in [-0.05, 0) is 24.6 Å². The van der Waals surface area contributed by atoms with Gasteiger partial charge >= 0.3 is 12.0 Å². The second kappa shape index (κ2) is 5.83. The number of anilines is 1. The lowest BCUT2D eigenvalue weighted by molar-refractivity contribution is -0.144. The van der Waals surface area contributed by atoms with Crippen molar-refractivity contribution in [2.24, 2.45) is 11.8 Å². The zero-order chi connectivity index (χ0) is 14.9. The van der Waals surface area contributed by atoms with Gasteiger partial charge in [-0.25, -0.2) is 4.79 Å². The molecule has 0 bridgehead atoms. The van der Waals surface area contributed by atoms with Gasteiger partial charge in [0.15, 0.2) is 0 Å². The van der Waals surface area contributed by atoms with Crippen LogP contribution < -0.4 is 5.32 Å². The molecule has 5 nitrogen and oxygen atoms in total. The summed E-state index contributed by atoms with van der Waals surface area (Å²) >= 11 is 3.37. The molecule has 0 aliphatic carbocycles. The van der Waals surface area contributed by atoms with Crippen molar-refractivity contribution in [2.45, 2.75) is 13.8 Å². The Hall–Kier alpha value is -1.56. The Kier molecular flexibility index (Phi) is 4.32. The molecule has 0 saturated carbocycles. The van der Waals surface area contributed by atoms with Crippen molar-refractivity contribution in [1.82, 2.24) is 4.90 Å². The van der Waals surface area contributed by atoms with Crippen LogP contribution in [0.15, 0.2) is 22.7 Å². The highest BCUT2D eigenvalue weighted by molar-refractivity contribution is 9.10. The minimum Gasteiger partial charge on any atom is -0.481 e. The van der Waals surface area contributed by atoms with E-state index >= 15 is 0 Å². The average Bonchev–Trinajstić information content (AvgIpc) is 2.31. The van der Waals surface area contributed by atoms with Crippen LogP contribution in [0, 0.1) is 18.8 Å². The SMILES string of the molecule is Cc1ccc(Br)cc1NC(=O)N1CC(C(C)C(=O)O)C1. The number of carboxylic acids is 1. The fourth-order valence-corrected chi connectivity index (χ4v) is 2.48. The molecule has 108 valence electrons. The monoisotopic (exact) mass is 340 g/mol. The number of carbonyl (C=O) groups excluding carboxylic acids is 1. The molecule has 0 aromatic heterocycles. The molecule has 2 rings (SSSR count). The lowest BCUT2D eigenvalue weighted by atomic mass is 9.87. The summed E-state index contributed by atoms with van der Waals surface area (Å²) in [5.74, 6) is -1.17. The molecule has 6 heteroatoms. The molecule has 0 radical (unpaired) electrons. The average molecular weight is 341 g/mol. The Labute approximate surface area is 126 Å². The number of likely N-dealkylation sites (tertiary alicyclic amines) is 1. The van der Waals surface area contributed by atoms with Gasteiger partial charge in [-0.3, -0.25) is 4.79 Å². The molecule has 1 unspecified atom stereocenters. The van der Waals surface area contributed by atoms with Gasteiger partial charge in [0.05, 0.1) is 5.92 Å². The van der Waals surface area contributed by atoms with E-state index < -0.39 is 11.9 Å². The summed E-state index contributed by atoms with van der Waals surface area (Å²) in [5, 5.41) is 11.8. The maximum absolute atomic E-state index is 12.0. The third-order valence-electron chi connectivity index (χ3n) is 3.73. The van der Waals surface area contributed by atoms with E-state index in [4.69, 9.17) is 5.11 Å². The Balaban J connectivity index is 1.92. The Morgan fingerprint density at radius 3 is 2.70 bits per heavy atom. The number of aryl methyl sites for hydroxylation is 1. The summed E-state index contributed by atoms with van der Waals surface area (Å²) in [5.41, 5.74) is 1.75. The van der Waals surface area contributed by atoms with Crippen LogP contribution in [0.2, 0.25) is 0 Å². The second-order valence-corrected chi connectivity index (χ2v) is 6.10. The van der Waals surface area contributed by atoms with Gasteiger partial charge in [0.2, 0.25) is 0 Å². The van der Waals surface area contributed by atoms with Crippen LogP contribution in [0.3, 0.4) is 0 Å². The first-order valence-corrected chi connectivity index (χ1v) is 7.22. The van der Waals surface area contributed by atoms with E-state index in [1.807, 2.05) is 25.1 Å². The minimum atomic E-state index is -0.808. The topological polar surface area (TPSA) is 69.6 Å². The largest absolute Gasteiger partial charge is 0.481 e.